The number of piperazine rings is 1. The van der Waals surface area contributed by atoms with Crippen LogP contribution >= 0.6 is 24.0 Å². The van der Waals surface area contributed by atoms with Gasteiger partial charge in [-0.05, 0) is 18.2 Å². The number of nitrogens with zero attached hydrogens (tertiary/aromatic N) is 2. The van der Waals surface area contributed by atoms with Crippen LogP contribution in [0.2, 0.25) is 5.02 Å². The first-order valence-corrected chi connectivity index (χ1v) is 7.73. The van der Waals surface area contributed by atoms with E-state index >= 15 is 0 Å². The maximum atomic E-state index is 12.0. The topological polar surface area (TPSA) is 78.7 Å². The fraction of sp³-hybridized carbons (Fsp3) is 0.467. The number of anilines is 1. The van der Waals surface area contributed by atoms with Gasteiger partial charge >= 0.3 is 0 Å². The van der Waals surface area contributed by atoms with Crippen molar-refractivity contribution in [3.05, 3.63) is 29.3 Å². The molecule has 23 heavy (non-hydrogen) atoms. The normalized spacial score (nSPS) is 14.2. The van der Waals surface area contributed by atoms with E-state index in [9.17, 15) is 9.59 Å². The highest BCUT2D eigenvalue weighted by Gasteiger charge is 2.21. The molecule has 0 saturated carbocycles. The van der Waals surface area contributed by atoms with Crippen molar-refractivity contribution < 1.29 is 9.59 Å². The van der Waals surface area contributed by atoms with Crippen LogP contribution < -0.4 is 16.0 Å². The SMILES string of the molecule is Cl.NCCC(=O)NCC(=O)N1CCN(c2cccc(Cl)c2)CC1. The summed E-state index contributed by atoms with van der Waals surface area (Å²) in [5, 5.41) is 3.30. The lowest BCUT2D eigenvalue weighted by molar-refractivity contribution is -0.133. The molecule has 0 bridgehead atoms. The molecular formula is C15H22Cl2N4O2. The van der Waals surface area contributed by atoms with Crippen molar-refractivity contribution >= 4 is 41.5 Å². The Hall–Kier alpha value is -1.50. The van der Waals surface area contributed by atoms with Crippen molar-refractivity contribution in [1.82, 2.24) is 10.2 Å². The Kier molecular flexibility index (Phi) is 8.16. The van der Waals surface area contributed by atoms with Crippen LogP contribution in [0.1, 0.15) is 6.42 Å². The molecule has 128 valence electrons. The summed E-state index contributed by atoms with van der Waals surface area (Å²) >= 11 is 6.00. The van der Waals surface area contributed by atoms with Gasteiger partial charge in [0.05, 0.1) is 6.54 Å². The molecular weight excluding hydrogens is 339 g/mol. The van der Waals surface area contributed by atoms with Crippen LogP contribution in [0.4, 0.5) is 5.69 Å². The third kappa shape index (κ3) is 5.89. The third-order valence-corrected chi connectivity index (χ3v) is 3.85. The fourth-order valence-electron chi connectivity index (χ4n) is 2.39. The second kappa shape index (κ2) is 9.60. The van der Waals surface area contributed by atoms with Gasteiger partial charge in [0.15, 0.2) is 0 Å². The second-order valence-corrected chi connectivity index (χ2v) is 5.60. The minimum atomic E-state index is -0.187. The monoisotopic (exact) mass is 360 g/mol. The molecule has 0 unspecified atom stereocenters. The average Bonchev–Trinajstić information content (AvgIpc) is 2.53. The first kappa shape index (κ1) is 19.5. The van der Waals surface area contributed by atoms with E-state index in [-0.39, 0.29) is 37.2 Å². The molecule has 2 amide bonds. The molecule has 1 aliphatic heterocycles. The molecule has 0 aliphatic carbocycles. The lowest BCUT2D eigenvalue weighted by Gasteiger charge is -2.36. The number of carbonyl (C=O) groups is 2. The summed E-state index contributed by atoms with van der Waals surface area (Å²) in [7, 11) is 0. The highest BCUT2D eigenvalue weighted by Crippen LogP contribution is 2.20. The van der Waals surface area contributed by atoms with Crippen LogP contribution in [0, 0.1) is 0 Å². The van der Waals surface area contributed by atoms with Gasteiger partial charge < -0.3 is 20.9 Å². The van der Waals surface area contributed by atoms with Gasteiger partial charge in [-0.25, -0.2) is 0 Å². The van der Waals surface area contributed by atoms with Crippen molar-refractivity contribution in [1.29, 1.82) is 0 Å². The van der Waals surface area contributed by atoms with Crippen molar-refractivity contribution in [3.8, 4) is 0 Å². The zero-order valence-electron chi connectivity index (χ0n) is 12.8. The van der Waals surface area contributed by atoms with Crippen LogP contribution in [0.25, 0.3) is 0 Å². The molecule has 3 N–H and O–H groups in total. The third-order valence-electron chi connectivity index (χ3n) is 3.61. The molecule has 1 saturated heterocycles. The molecule has 1 aromatic rings. The Balaban J connectivity index is 0.00000264. The summed E-state index contributed by atoms with van der Waals surface area (Å²) in [6.45, 7) is 3.11. The molecule has 0 atom stereocenters. The maximum absolute atomic E-state index is 12.0. The Labute approximate surface area is 147 Å². The molecule has 6 nitrogen and oxygen atoms in total. The maximum Gasteiger partial charge on any atom is 0.242 e. The number of hydrogen-bond acceptors (Lipinski definition) is 4. The molecule has 1 fully saturated rings. The van der Waals surface area contributed by atoms with E-state index in [1.165, 1.54) is 0 Å². The number of benzene rings is 1. The number of carbonyl (C=O) groups excluding carboxylic acids is 2. The van der Waals surface area contributed by atoms with E-state index in [2.05, 4.69) is 10.2 Å². The van der Waals surface area contributed by atoms with Crippen molar-refractivity contribution in [2.75, 3.05) is 44.2 Å². The van der Waals surface area contributed by atoms with E-state index in [4.69, 9.17) is 17.3 Å². The number of rotatable bonds is 5. The quantitative estimate of drug-likeness (QED) is 0.816. The molecule has 0 spiro atoms. The number of halogens is 2. The van der Waals surface area contributed by atoms with Crippen molar-refractivity contribution in [2.45, 2.75) is 6.42 Å². The number of nitrogens with one attached hydrogen (secondary N) is 1. The number of nitrogens with two attached hydrogens (primary N) is 1. The van der Waals surface area contributed by atoms with Gasteiger partial charge in [0.2, 0.25) is 11.8 Å². The first-order valence-electron chi connectivity index (χ1n) is 7.35. The van der Waals surface area contributed by atoms with Gasteiger partial charge in [0.25, 0.3) is 0 Å². The van der Waals surface area contributed by atoms with Gasteiger partial charge in [0.1, 0.15) is 0 Å². The van der Waals surface area contributed by atoms with Gasteiger partial charge in [-0.1, -0.05) is 17.7 Å². The van der Waals surface area contributed by atoms with Crippen molar-refractivity contribution in [3.63, 3.8) is 0 Å². The minimum absolute atomic E-state index is 0. The van der Waals surface area contributed by atoms with Crippen LogP contribution in [0.3, 0.4) is 0 Å². The summed E-state index contributed by atoms with van der Waals surface area (Å²) < 4.78 is 0. The summed E-state index contributed by atoms with van der Waals surface area (Å²) in [6, 6.07) is 7.69. The highest BCUT2D eigenvalue weighted by molar-refractivity contribution is 6.30. The molecule has 0 aromatic heterocycles. The second-order valence-electron chi connectivity index (χ2n) is 5.16. The zero-order valence-corrected chi connectivity index (χ0v) is 14.4. The first-order chi connectivity index (χ1) is 10.6. The van der Waals surface area contributed by atoms with E-state index in [0.29, 0.717) is 24.7 Å². The number of hydrogen-bond donors (Lipinski definition) is 2. The van der Waals surface area contributed by atoms with Crippen molar-refractivity contribution in [2.24, 2.45) is 5.73 Å². The van der Waals surface area contributed by atoms with Gasteiger partial charge in [-0.3, -0.25) is 9.59 Å². The smallest absolute Gasteiger partial charge is 0.242 e. The summed E-state index contributed by atoms with van der Waals surface area (Å²) in [6.07, 6.45) is 0.246. The van der Waals surface area contributed by atoms with E-state index < -0.39 is 0 Å². The van der Waals surface area contributed by atoms with Gasteiger partial charge in [-0.2, -0.15) is 0 Å². The van der Waals surface area contributed by atoms with Crippen LogP contribution in [-0.4, -0.2) is 56.0 Å². The van der Waals surface area contributed by atoms with Crippen LogP contribution in [0.15, 0.2) is 24.3 Å². The lowest BCUT2D eigenvalue weighted by atomic mass is 10.2. The van der Waals surface area contributed by atoms with E-state index in [1.807, 2.05) is 24.3 Å². The molecule has 0 radical (unpaired) electrons. The molecule has 1 heterocycles. The average molecular weight is 361 g/mol. The highest BCUT2D eigenvalue weighted by atomic mass is 35.5. The fourth-order valence-corrected chi connectivity index (χ4v) is 2.58. The predicted octanol–water partition coefficient (Wildman–Crippen LogP) is 0.875. The molecule has 2 rings (SSSR count). The standard InChI is InChI=1S/C15H21ClN4O2.ClH/c16-12-2-1-3-13(10-12)19-6-8-20(9-7-19)15(22)11-18-14(21)4-5-17;/h1-3,10H,4-9,11,17H2,(H,18,21);1H. The zero-order chi connectivity index (χ0) is 15.9. The van der Waals surface area contributed by atoms with Crippen LogP contribution in [-0.2, 0) is 9.59 Å². The minimum Gasteiger partial charge on any atom is -0.368 e. The Morgan fingerprint density at radius 1 is 1.22 bits per heavy atom. The summed E-state index contributed by atoms with van der Waals surface area (Å²) in [5.74, 6) is -0.246. The Morgan fingerprint density at radius 2 is 1.91 bits per heavy atom. The number of amides is 2. The molecule has 1 aliphatic rings. The molecule has 1 aromatic carbocycles. The summed E-state index contributed by atoms with van der Waals surface area (Å²) in [5.41, 5.74) is 6.35. The van der Waals surface area contributed by atoms with Gasteiger partial charge in [-0.15, -0.1) is 12.4 Å². The Bertz CT molecular complexity index is 534. The van der Waals surface area contributed by atoms with Gasteiger partial charge in [0, 0.05) is 49.9 Å². The summed E-state index contributed by atoms with van der Waals surface area (Å²) in [4.78, 5) is 27.3. The predicted molar refractivity (Wildman–Crippen MR) is 94.2 cm³/mol. The van der Waals surface area contributed by atoms with Crippen LogP contribution in [0.5, 0.6) is 0 Å². The van der Waals surface area contributed by atoms with E-state index in [0.717, 1.165) is 18.8 Å². The molecule has 8 heteroatoms. The van der Waals surface area contributed by atoms with E-state index in [1.54, 1.807) is 4.90 Å². The Morgan fingerprint density at radius 3 is 2.52 bits per heavy atom. The largest absolute Gasteiger partial charge is 0.368 e. The lowest BCUT2D eigenvalue weighted by Crippen LogP contribution is -2.51.